The summed E-state index contributed by atoms with van der Waals surface area (Å²) in [4.78, 5) is 14.2. The molecule has 6 nitrogen and oxygen atoms in total. The SMILES string of the molecule is Cc1noc(C)c1CN1C[C@@H](F)C[C@H]1CNC(=O)C1=COCCC1. The molecule has 24 heavy (non-hydrogen) atoms. The van der Waals surface area contributed by atoms with Gasteiger partial charge in [0.1, 0.15) is 11.9 Å². The van der Waals surface area contributed by atoms with Crippen molar-refractivity contribution in [2.45, 2.75) is 51.9 Å². The Morgan fingerprint density at radius 3 is 3.00 bits per heavy atom. The Bertz CT molecular complexity index is 609. The van der Waals surface area contributed by atoms with Gasteiger partial charge in [0.2, 0.25) is 5.91 Å². The Kier molecular flexibility index (Phi) is 5.18. The monoisotopic (exact) mass is 337 g/mol. The summed E-state index contributed by atoms with van der Waals surface area (Å²) >= 11 is 0. The lowest BCUT2D eigenvalue weighted by atomic mass is 10.1. The fourth-order valence-corrected chi connectivity index (χ4v) is 3.31. The summed E-state index contributed by atoms with van der Waals surface area (Å²) in [6.07, 6.45) is 2.68. The molecule has 1 fully saturated rings. The van der Waals surface area contributed by atoms with E-state index in [2.05, 4.69) is 15.4 Å². The Balaban J connectivity index is 1.59. The van der Waals surface area contributed by atoms with E-state index >= 15 is 0 Å². The highest BCUT2D eigenvalue weighted by Gasteiger charge is 2.33. The van der Waals surface area contributed by atoms with Crippen LogP contribution in [0.5, 0.6) is 0 Å². The van der Waals surface area contributed by atoms with E-state index in [1.807, 2.05) is 13.8 Å². The lowest BCUT2D eigenvalue weighted by molar-refractivity contribution is -0.118. The van der Waals surface area contributed by atoms with Gasteiger partial charge in [-0.3, -0.25) is 9.69 Å². The summed E-state index contributed by atoms with van der Waals surface area (Å²) in [5.74, 6) is 0.649. The van der Waals surface area contributed by atoms with Crippen molar-refractivity contribution in [1.29, 1.82) is 0 Å². The molecule has 0 aliphatic carbocycles. The average molecular weight is 337 g/mol. The van der Waals surface area contributed by atoms with Crippen LogP contribution in [0.3, 0.4) is 0 Å². The predicted octanol–water partition coefficient (Wildman–Crippen LogP) is 2.01. The van der Waals surface area contributed by atoms with Crippen LogP contribution in [0.2, 0.25) is 0 Å². The van der Waals surface area contributed by atoms with E-state index in [1.165, 1.54) is 6.26 Å². The number of amides is 1. The zero-order chi connectivity index (χ0) is 17.1. The maximum Gasteiger partial charge on any atom is 0.250 e. The maximum atomic E-state index is 13.9. The van der Waals surface area contributed by atoms with Gasteiger partial charge in [-0.25, -0.2) is 4.39 Å². The van der Waals surface area contributed by atoms with Gasteiger partial charge in [0, 0.05) is 31.2 Å². The number of aromatic nitrogens is 1. The topological polar surface area (TPSA) is 67.6 Å². The number of hydrogen-bond acceptors (Lipinski definition) is 5. The first-order valence-electron chi connectivity index (χ1n) is 8.43. The lowest BCUT2D eigenvalue weighted by Crippen LogP contribution is -2.40. The van der Waals surface area contributed by atoms with Crippen LogP contribution in [0.4, 0.5) is 4.39 Å². The van der Waals surface area contributed by atoms with E-state index in [9.17, 15) is 9.18 Å². The molecule has 2 aliphatic rings. The first kappa shape index (κ1) is 17.0. The lowest BCUT2D eigenvalue weighted by Gasteiger charge is -2.24. The first-order chi connectivity index (χ1) is 11.5. The molecule has 132 valence electrons. The maximum absolute atomic E-state index is 13.9. The van der Waals surface area contributed by atoms with Crippen LogP contribution in [0, 0.1) is 13.8 Å². The molecule has 0 saturated carbocycles. The fourth-order valence-electron chi connectivity index (χ4n) is 3.31. The van der Waals surface area contributed by atoms with E-state index < -0.39 is 6.17 Å². The fraction of sp³-hybridized carbons (Fsp3) is 0.647. The Morgan fingerprint density at radius 2 is 2.33 bits per heavy atom. The number of rotatable bonds is 5. The number of nitrogens with one attached hydrogen (secondary N) is 1. The number of ether oxygens (including phenoxy) is 1. The van der Waals surface area contributed by atoms with Crippen LogP contribution in [0.15, 0.2) is 16.4 Å². The molecule has 3 heterocycles. The molecule has 0 unspecified atom stereocenters. The second-order valence-electron chi connectivity index (χ2n) is 6.55. The summed E-state index contributed by atoms with van der Waals surface area (Å²) in [6, 6.07) is -0.0252. The van der Waals surface area contributed by atoms with E-state index in [0.717, 1.165) is 29.9 Å². The molecule has 1 amide bonds. The van der Waals surface area contributed by atoms with Crippen molar-refractivity contribution >= 4 is 5.91 Å². The van der Waals surface area contributed by atoms with Crippen LogP contribution in [0.25, 0.3) is 0 Å². The van der Waals surface area contributed by atoms with Crippen molar-refractivity contribution in [2.24, 2.45) is 0 Å². The predicted molar refractivity (Wildman–Crippen MR) is 86.0 cm³/mol. The van der Waals surface area contributed by atoms with E-state index in [-0.39, 0.29) is 11.9 Å². The molecule has 2 atom stereocenters. The molecule has 0 radical (unpaired) electrons. The Labute approximate surface area is 141 Å². The Morgan fingerprint density at radius 1 is 1.50 bits per heavy atom. The first-order valence-corrected chi connectivity index (χ1v) is 8.43. The van der Waals surface area contributed by atoms with E-state index in [0.29, 0.717) is 38.2 Å². The molecule has 1 saturated heterocycles. The third-order valence-corrected chi connectivity index (χ3v) is 4.74. The molecule has 3 rings (SSSR count). The zero-order valence-corrected chi connectivity index (χ0v) is 14.2. The highest BCUT2D eigenvalue weighted by atomic mass is 19.1. The minimum atomic E-state index is -0.871. The normalized spacial score (nSPS) is 24.5. The van der Waals surface area contributed by atoms with Gasteiger partial charge in [0.05, 0.1) is 24.1 Å². The van der Waals surface area contributed by atoms with Gasteiger partial charge in [-0.2, -0.15) is 0 Å². The molecule has 0 spiro atoms. The summed E-state index contributed by atoms with van der Waals surface area (Å²) in [6.45, 7) is 5.81. The molecule has 7 heteroatoms. The highest BCUT2D eigenvalue weighted by Crippen LogP contribution is 2.25. The molecule has 2 aliphatic heterocycles. The van der Waals surface area contributed by atoms with Crippen molar-refractivity contribution in [1.82, 2.24) is 15.4 Å². The van der Waals surface area contributed by atoms with Crippen LogP contribution in [0.1, 0.15) is 36.3 Å². The molecule has 0 aromatic carbocycles. The minimum Gasteiger partial charge on any atom is -0.501 e. The number of carbonyl (C=O) groups excluding carboxylic acids is 1. The number of aryl methyl sites for hydroxylation is 2. The number of likely N-dealkylation sites (tertiary alicyclic amines) is 1. The standard InChI is InChI=1S/C17H24FN3O3/c1-11-16(12(2)24-20-11)9-21-8-14(18)6-15(21)7-19-17(22)13-4-3-5-23-10-13/h10,14-15H,3-9H2,1-2H3,(H,19,22)/t14-,15-/m0/s1. The minimum absolute atomic E-state index is 0.0252. The van der Waals surface area contributed by atoms with Gasteiger partial charge < -0.3 is 14.6 Å². The Hall–Kier alpha value is -1.89. The number of hydrogen-bond donors (Lipinski definition) is 1. The average Bonchev–Trinajstić information content (AvgIpc) is 3.10. The zero-order valence-electron chi connectivity index (χ0n) is 14.2. The third kappa shape index (κ3) is 3.77. The van der Waals surface area contributed by atoms with Gasteiger partial charge >= 0.3 is 0 Å². The van der Waals surface area contributed by atoms with Gasteiger partial charge in [-0.05, 0) is 33.1 Å². The molecule has 0 bridgehead atoms. The highest BCUT2D eigenvalue weighted by molar-refractivity contribution is 5.93. The van der Waals surface area contributed by atoms with Crippen molar-refractivity contribution in [3.05, 3.63) is 28.9 Å². The van der Waals surface area contributed by atoms with Gasteiger partial charge in [0.15, 0.2) is 0 Å². The number of halogens is 1. The molecular weight excluding hydrogens is 313 g/mol. The van der Waals surface area contributed by atoms with Crippen molar-refractivity contribution < 1.29 is 18.4 Å². The van der Waals surface area contributed by atoms with E-state index in [1.54, 1.807) is 0 Å². The molecule has 1 aromatic rings. The van der Waals surface area contributed by atoms with Gasteiger partial charge in [-0.1, -0.05) is 5.16 Å². The number of carbonyl (C=O) groups is 1. The van der Waals surface area contributed by atoms with Crippen LogP contribution in [-0.4, -0.2) is 47.9 Å². The molecule has 1 N–H and O–H groups in total. The quantitative estimate of drug-likeness (QED) is 0.890. The van der Waals surface area contributed by atoms with E-state index in [4.69, 9.17) is 9.26 Å². The van der Waals surface area contributed by atoms with Crippen molar-refractivity contribution in [3.8, 4) is 0 Å². The summed E-state index contributed by atoms with van der Waals surface area (Å²) < 4.78 is 24.3. The molecule has 1 aromatic heterocycles. The van der Waals surface area contributed by atoms with Crippen LogP contribution < -0.4 is 5.32 Å². The molecular formula is C17H24FN3O3. The van der Waals surface area contributed by atoms with Gasteiger partial charge in [0.25, 0.3) is 0 Å². The van der Waals surface area contributed by atoms with Crippen LogP contribution in [-0.2, 0) is 16.1 Å². The number of alkyl halides is 1. The van der Waals surface area contributed by atoms with Crippen LogP contribution >= 0.6 is 0 Å². The second kappa shape index (κ2) is 7.34. The summed E-state index contributed by atoms with van der Waals surface area (Å²) in [5.41, 5.74) is 2.50. The second-order valence-corrected chi connectivity index (χ2v) is 6.55. The summed E-state index contributed by atoms with van der Waals surface area (Å²) in [5, 5.41) is 6.87. The van der Waals surface area contributed by atoms with Crippen molar-refractivity contribution in [2.75, 3.05) is 19.7 Å². The van der Waals surface area contributed by atoms with Gasteiger partial charge in [-0.15, -0.1) is 0 Å². The smallest absolute Gasteiger partial charge is 0.250 e. The number of nitrogens with zero attached hydrogens (tertiary/aromatic N) is 2. The summed E-state index contributed by atoms with van der Waals surface area (Å²) in [7, 11) is 0. The third-order valence-electron chi connectivity index (χ3n) is 4.74. The largest absolute Gasteiger partial charge is 0.501 e. The van der Waals surface area contributed by atoms with Crippen molar-refractivity contribution in [3.63, 3.8) is 0 Å².